The van der Waals surface area contributed by atoms with E-state index in [-0.39, 0.29) is 6.04 Å². The van der Waals surface area contributed by atoms with E-state index in [1.807, 2.05) is 18.2 Å². The molecule has 1 aromatic rings. The molecule has 0 fully saturated rings. The summed E-state index contributed by atoms with van der Waals surface area (Å²) in [5.41, 5.74) is 7.43. The van der Waals surface area contributed by atoms with Crippen molar-refractivity contribution in [2.75, 3.05) is 6.61 Å². The van der Waals surface area contributed by atoms with Crippen LogP contribution in [-0.2, 0) is 4.74 Å². The van der Waals surface area contributed by atoms with Crippen LogP contribution in [0.4, 0.5) is 0 Å². The molecule has 2 atom stereocenters. The molecule has 0 spiro atoms. The Hall–Kier alpha value is -1.28. The molecule has 0 radical (unpaired) electrons. The van der Waals surface area contributed by atoms with Gasteiger partial charge in [0.15, 0.2) is 0 Å². The first-order valence-corrected chi connectivity index (χ1v) is 5.42. The van der Waals surface area contributed by atoms with Gasteiger partial charge in [-0.05, 0) is 11.6 Å². The summed E-state index contributed by atoms with van der Waals surface area (Å²) in [4.78, 5) is 0. The van der Waals surface area contributed by atoms with Crippen LogP contribution in [0.2, 0.25) is 0 Å². The van der Waals surface area contributed by atoms with Crippen LogP contribution >= 0.6 is 0 Å². The van der Waals surface area contributed by atoms with E-state index in [2.05, 4.69) is 25.1 Å². The Bertz CT molecular complexity index is 345. The number of rotatable bonds is 3. The number of hydrogen-bond acceptors (Lipinski definition) is 2. The average molecular weight is 203 g/mol. The van der Waals surface area contributed by atoms with Gasteiger partial charge in [0.2, 0.25) is 0 Å². The van der Waals surface area contributed by atoms with E-state index in [1.165, 1.54) is 5.56 Å². The van der Waals surface area contributed by atoms with Gasteiger partial charge in [-0.15, -0.1) is 0 Å². The van der Waals surface area contributed by atoms with Crippen LogP contribution in [0.15, 0.2) is 42.2 Å². The molecule has 2 N–H and O–H groups in total. The highest BCUT2D eigenvalue weighted by Crippen LogP contribution is 2.25. The zero-order chi connectivity index (χ0) is 10.7. The molecule has 0 aromatic heterocycles. The largest absolute Gasteiger partial charge is 0.496 e. The fourth-order valence-electron chi connectivity index (χ4n) is 1.88. The van der Waals surface area contributed by atoms with Crippen molar-refractivity contribution in [2.45, 2.75) is 25.3 Å². The average Bonchev–Trinajstić information content (AvgIpc) is 2.82. The summed E-state index contributed by atoms with van der Waals surface area (Å²) in [6.07, 6.45) is 3.09. The van der Waals surface area contributed by atoms with E-state index in [0.29, 0.717) is 5.92 Å². The quantitative estimate of drug-likeness (QED) is 0.818. The molecule has 80 valence electrons. The van der Waals surface area contributed by atoms with Gasteiger partial charge in [-0.3, -0.25) is 0 Å². The maximum absolute atomic E-state index is 6.16. The second kappa shape index (κ2) is 4.49. The third-order valence-corrected chi connectivity index (χ3v) is 2.92. The normalized spacial score (nSPS) is 19.2. The highest BCUT2D eigenvalue weighted by atomic mass is 16.5. The van der Waals surface area contributed by atoms with Gasteiger partial charge in [0.1, 0.15) is 5.76 Å². The monoisotopic (exact) mass is 203 g/mol. The van der Waals surface area contributed by atoms with Crippen LogP contribution in [-0.4, -0.2) is 12.6 Å². The molecule has 0 amide bonds. The number of ether oxygens (including phenoxy) is 1. The van der Waals surface area contributed by atoms with Crippen LogP contribution in [0, 0.1) is 0 Å². The van der Waals surface area contributed by atoms with Gasteiger partial charge < -0.3 is 10.5 Å². The molecule has 1 aliphatic heterocycles. The van der Waals surface area contributed by atoms with Crippen LogP contribution in [0.3, 0.4) is 0 Å². The molecule has 0 saturated carbocycles. The summed E-state index contributed by atoms with van der Waals surface area (Å²) in [6, 6.07) is 10.3. The summed E-state index contributed by atoms with van der Waals surface area (Å²) in [5, 5.41) is 0. The Morgan fingerprint density at radius 2 is 2.00 bits per heavy atom. The van der Waals surface area contributed by atoms with Crippen molar-refractivity contribution in [3.8, 4) is 0 Å². The highest BCUT2D eigenvalue weighted by molar-refractivity contribution is 5.24. The molecule has 1 aromatic carbocycles. The Labute approximate surface area is 90.7 Å². The van der Waals surface area contributed by atoms with Gasteiger partial charge in [0.25, 0.3) is 0 Å². The summed E-state index contributed by atoms with van der Waals surface area (Å²) < 4.78 is 5.49. The molecule has 0 saturated heterocycles. The first-order valence-electron chi connectivity index (χ1n) is 5.42. The lowest BCUT2D eigenvalue weighted by Crippen LogP contribution is -2.29. The molecule has 2 unspecified atom stereocenters. The van der Waals surface area contributed by atoms with E-state index >= 15 is 0 Å². The minimum Gasteiger partial charge on any atom is -0.496 e. The smallest absolute Gasteiger partial charge is 0.109 e. The molecule has 0 aliphatic carbocycles. The second-order valence-electron chi connectivity index (χ2n) is 3.97. The number of nitrogens with two attached hydrogens (primary N) is 1. The third-order valence-electron chi connectivity index (χ3n) is 2.92. The molecule has 0 bridgehead atoms. The molecule has 15 heavy (non-hydrogen) atoms. The van der Waals surface area contributed by atoms with Crippen molar-refractivity contribution >= 4 is 0 Å². The summed E-state index contributed by atoms with van der Waals surface area (Å²) in [7, 11) is 0. The van der Waals surface area contributed by atoms with Crippen molar-refractivity contribution < 1.29 is 4.74 Å². The molecular formula is C13H17NO. The van der Waals surface area contributed by atoms with Crippen molar-refractivity contribution in [1.82, 2.24) is 0 Å². The van der Waals surface area contributed by atoms with Gasteiger partial charge >= 0.3 is 0 Å². The van der Waals surface area contributed by atoms with Crippen molar-refractivity contribution in [1.29, 1.82) is 0 Å². The van der Waals surface area contributed by atoms with Crippen LogP contribution in [0.25, 0.3) is 0 Å². The lowest BCUT2D eigenvalue weighted by molar-refractivity contribution is 0.219. The van der Waals surface area contributed by atoms with Gasteiger partial charge in [0.05, 0.1) is 12.6 Å². The Balaban J connectivity index is 2.10. The summed E-state index contributed by atoms with van der Waals surface area (Å²) in [5.74, 6) is 1.25. The van der Waals surface area contributed by atoms with Crippen molar-refractivity contribution in [3.63, 3.8) is 0 Å². The maximum Gasteiger partial charge on any atom is 0.109 e. The van der Waals surface area contributed by atoms with E-state index < -0.39 is 0 Å². The van der Waals surface area contributed by atoms with E-state index in [0.717, 1.165) is 18.8 Å². The molecular weight excluding hydrogens is 186 g/mol. The van der Waals surface area contributed by atoms with Gasteiger partial charge in [0, 0.05) is 12.3 Å². The Morgan fingerprint density at radius 3 is 2.60 bits per heavy atom. The van der Waals surface area contributed by atoms with Crippen LogP contribution in [0.1, 0.15) is 24.8 Å². The fourth-order valence-corrected chi connectivity index (χ4v) is 1.88. The first-order chi connectivity index (χ1) is 7.29. The standard InChI is InChI=1S/C13H17NO/c1-10(11-6-3-2-4-7-11)13(14)12-8-5-9-15-12/h2-4,6-8,10,13H,5,9,14H2,1H3. The zero-order valence-corrected chi connectivity index (χ0v) is 9.02. The van der Waals surface area contributed by atoms with Crippen LogP contribution in [0.5, 0.6) is 0 Å². The molecule has 2 rings (SSSR count). The summed E-state index contributed by atoms with van der Waals surface area (Å²) >= 11 is 0. The first kappa shape index (κ1) is 10.2. The van der Waals surface area contributed by atoms with Gasteiger partial charge in [-0.25, -0.2) is 0 Å². The van der Waals surface area contributed by atoms with E-state index in [9.17, 15) is 0 Å². The lowest BCUT2D eigenvalue weighted by atomic mass is 9.93. The Kier molecular flexibility index (Phi) is 3.07. The second-order valence-corrected chi connectivity index (χ2v) is 3.97. The van der Waals surface area contributed by atoms with Gasteiger partial charge in [-0.1, -0.05) is 37.3 Å². The van der Waals surface area contributed by atoms with Crippen molar-refractivity contribution in [2.24, 2.45) is 5.73 Å². The minimum absolute atomic E-state index is 0.0186. The molecule has 2 nitrogen and oxygen atoms in total. The fraction of sp³-hybridized carbons (Fsp3) is 0.385. The number of benzene rings is 1. The minimum atomic E-state index is -0.0186. The molecule has 1 heterocycles. The molecule has 2 heteroatoms. The lowest BCUT2D eigenvalue weighted by Gasteiger charge is -2.21. The maximum atomic E-state index is 6.16. The van der Waals surface area contributed by atoms with E-state index in [1.54, 1.807) is 0 Å². The zero-order valence-electron chi connectivity index (χ0n) is 9.02. The molecule has 1 aliphatic rings. The SMILES string of the molecule is CC(c1ccccc1)C(N)C1=CCCO1. The topological polar surface area (TPSA) is 35.2 Å². The van der Waals surface area contributed by atoms with Crippen LogP contribution < -0.4 is 5.73 Å². The van der Waals surface area contributed by atoms with Gasteiger partial charge in [-0.2, -0.15) is 0 Å². The summed E-state index contributed by atoms with van der Waals surface area (Å²) in [6.45, 7) is 2.92. The highest BCUT2D eigenvalue weighted by Gasteiger charge is 2.21. The van der Waals surface area contributed by atoms with E-state index in [4.69, 9.17) is 10.5 Å². The third kappa shape index (κ3) is 2.21. The Morgan fingerprint density at radius 1 is 1.27 bits per heavy atom. The predicted octanol–water partition coefficient (Wildman–Crippen LogP) is 2.42. The number of hydrogen-bond donors (Lipinski definition) is 1. The predicted molar refractivity (Wildman–Crippen MR) is 61.5 cm³/mol. The van der Waals surface area contributed by atoms with Crippen molar-refractivity contribution in [3.05, 3.63) is 47.7 Å².